The van der Waals surface area contributed by atoms with Crippen LogP contribution in [0.4, 0.5) is 11.4 Å². The van der Waals surface area contributed by atoms with Crippen molar-refractivity contribution in [3.05, 3.63) is 33.9 Å². The Bertz CT molecular complexity index is 479. The molecule has 0 amide bonds. The highest BCUT2D eigenvalue weighted by atomic mass is 16.6. The molecule has 7 heteroatoms. The number of aliphatic hydroxyl groups excluding tert-OH is 2. The monoisotopic (exact) mass is 268 g/mol. The van der Waals surface area contributed by atoms with Crippen molar-refractivity contribution in [1.29, 1.82) is 0 Å². The molecule has 3 N–H and O–H groups in total. The molecule has 1 saturated heterocycles. The van der Waals surface area contributed by atoms with Crippen molar-refractivity contribution in [1.82, 2.24) is 0 Å². The molecule has 1 aliphatic heterocycles. The molecule has 3 atom stereocenters. The van der Waals surface area contributed by atoms with E-state index in [-0.39, 0.29) is 12.3 Å². The van der Waals surface area contributed by atoms with Gasteiger partial charge in [0.25, 0.3) is 5.69 Å². The number of nitro benzene ring substituents is 1. The van der Waals surface area contributed by atoms with E-state index in [2.05, 4.69) is 5.32 Å². The van der Waals surface area contributed by atoms with Crippen LogP contribution in [0, 0.1) is 17.0 Å². The Balaban J connectivity index is 2.08. The first-order valence-electron chi connectivity index (χ1n) is 5.97. The minimum Gasteiger partial charge on any atom is -0.394 e. The topological polar surface area (TPSA) is 105 Å². The number of aryl methyl sites for hydroxylation is 1. The Kier molecular flexibility index (Phi) is 3.98. The average molecular weight is 268 g/mol. The molecule has 0 saturated carbocycles. The van der Waals surface area contributed by atoms with E-state index in [1.165, 1.54) is 6.07 Å². The zero-order valence-electron chi connectivity index (χ0n) is 10.4. The number of rotatable bonds is 4. The van der Waals surface area contributed by atoms with Crippen molar-refractivity contribution in [3.63, 3.8) is 0 Å². The Hall–Kier alpha value is -1.70. The van der Waals surface area contributed by atoms with Crippen molar-refractivity contribution < 1.29 is 19.9 Å². The van der Waals surface area contributed by atoms with Crippen LogP contribution in [0.1, 0.15) is 12.0 Å². The summed E-state index contributed by atoms with van der Waals surface area (Å²) in [6.45, 7) is 1.41. The van der Waals surface area contributed by atoms with Gasteiger partial charge in [-0.25, -0.2) is 0 Å². The number of benzene rings is 1. The van der Waals surface area contributed by atoms with Gasteiger partial charge < -0.3 is 20.3 Å². The van der Waals surface area contributed by atoms with Gasteiger partial charge in [0.1, 0.15) is 12.3 Å². The number of hydrogen-bond acceptors (Lipinski definition) is 6. The van der Waals surface area contributed by atoms with E-state index in [4.69, 9.17) is 9.84 Å². The number of nitrogens with zero attached hydrogens (tertiary/aromatic N) is 1. The maximum absolute atomic E-state index is 10.8. The van der Waals surface area contributed by atoms with Gasteiger partial charge in [0.05, 0.1) is 17.6 Å². The lowest BCUT2D eigenvalue weighted by molar-refractivity contribution is -0.385. The minimum absolute atomic E-state index is 0.0299. The van der Waals surface area contributed by atoms with Gasteiger partial charge in [-0.2, -0.15) is 0 Å². The predicted octanol–water partition coefficient (Wildman–Crippen LogP) is 0.783. The summed E-state index contributed by atoms with van der Waals surface area (Å²) in [5, 5.41) is 32.4. The first kappa shape index (κ1) is 13.7. The Morgan fingerprint density at radius 3 is 2.89 bits per heavy atom. The molecule has 0 bridgehead atoms. The Morgan fingerprint density at radius 2 is 2.32 bits per heavy atom. The number of nitrogens with one attached hydrogen (secondary N) is 1. The molecular weight excluding hydrogens is 252 g/mol. The lowest BCUT2D eigenvalue weighted by atomic mass is 10.1. The predicted molar refractivity (Wildman–Crippen MR) is 67.8 cm³/mol. The van der Waals surface area contributed by atoms with Crippen molar-refractivity contribution in [2.24, 2.45) is 0 Å². The number of ether oxygens (including phenoxy) is 1. The maximum Gasteiger partial charge on any atom is 0.274 e. The van der Waals surface area contributed by atoms with E-state index in [0.29, 0.717) is 17.7 Å². The van der Waals surface area contributed by atoms with E-state index in [1.54, 1.807) is 19.1 Å². The summed E-state index contributed by atoms with van der Waals surface area (Å²) >= 11 is 0. The maximum atomic E-state index is 10.8. The molecule has 19 heavy (non-hydrogen) atoms. The second kappa shape index (κ2) is 5.52. The number of aliphatic hydroxyl groups is 2. The molecule has 0 unspecified atom stereocenters. The number of nitro groups is 1. The fourth-order valence-electron chi connectivity index (χ4n) is 2.07. The van der Waals surface area contributed by atoms with Crippen LogP contribution in [0.25, 0.3) is 0 Å². The van der Waals surface area contributed by atoms with E-state index >= 15 is 0 Å². The lowest BCUT2D eigenvalue weighted by Gasteiger charge is -2.15. The third kappa shape index (κ3) is 3.01. The van der Waals surface area contributed by atoms with Crippen molar-refractivity contribution >= 4 is 11.4 Å². The summed E-state index contributed by atoms with van der Waals surface area (Å²) < 4.78 is 5.38. The van der Waals surface area contributed by atoms with Gasteiger partial charge in [-0.15, -0.1) is 0 Å². The molecule has 0 aliphatic carbocycles. The fraction of sp³-hybridized carbons (Fsp3) is 0.500. The average Bonchev–Trinajstić information content (AvgIpc) is 2.71. The van der Waals surface area contributed by atoms with Crippen LogP contribution in [0.5, 0.6) is 0 Å². The zero-order valence-corrected chi connectivity index (χ0v) is 10.4. The molecule has 1 aromatic carbocycles. The van der Waals surface area contributed by atoms with Gasteiger partial charge >= 0.3 is 0 Å². The van der Waals surface area contributed by atoms with Gasteiger partial charge in [-0.05, 0) is 13.0 Å². The van der Waals surface area contributed by atoms with Crippen LogP contribution in [-0.2, 0) is 4.74 Å². The Morgan fingerprint density at radius 1 is 1.58 bits per heavy atom. The summed E-state index contributed by atoms with van der Waals surface area (Å²) in [6.07, 6.45) is -1.48. The van der Waals surface area contributed by atoms with Crippen LogP contribution in [-0.4, -0.2) is 40.2 Å². The van der Waals surface area contributed by atoms with Gasteiger partial charge in [0.2, 0.25) is 0 Å². The van der Waals surface area contributed by atoms with Crippen molar-refractivity contribution in [2.75, 3.05) is 11.9 Å². The minimum atomic E-state index is -0.733. The van der Waals surface area contributed by atoms with Crippen LogP contribution in [0.15, 0.2) is 18.2 Å². The highest BCUT2D eigenvalue weighted by Gasteiger charge is 2.33. The smallest absolute Gasteiger partial charge is 0.274 e. The van der Waals surface area contributed by atoms with Gasteiger partial charge in [-0.1, -0.05) is 6.07 Å². The standard InChI is InChI=1S/C12H16N2O5/c1-7-2-3-8(4-9(7)14(17)18)13-12-5-10(16)11(6-15)19-12/h2-4,10-13,15-16H,5-6H2,1H3/t10-,11+,12-/m1/s1. The second-order valence-electron chi connectivity index (χ2n) is 4.55. The van der Waals surface area contributed by atoms with Gasteiger partial charge in [0.15, 0.2) is 0 Å². The summed E-state index contributed by atoms with van der Waals surface area (Å²) in [4.78, 5) is 10.4. The Labute approximate surface area is 110 Å². The molecule has 1 aliphatic rings. The molecule has 0 radical (unpaired) electrons. The van der Waals surface area contributed by atoms with Crippen LogP contribution in [0.3, 0.4) is 0 Å². The molecule has 1 aromatic rings. The molecule has 7 nitrogen and oxygen atoms in total. The summed E-state index contributed by atoms with van der Waals surface area (Å²) in [5.41, 5.74) is 1.16. The van der Waals surface area contributed by atoms with E-state index in [0.717, 1.165) is 0 Å². The SMILES string of the molecule is Cc1ccc(N[C@H]2C[C@@H](O)[C@H](CO)O2)cc1[N+](=O)[O-]. The van der Waals surface area contributed by atoms with E-state index < -0.39 is 23.4 Å². The normalized spacial score (nSPS) is 26.4. The number of anilines is 1. The van der Waals surface area contributed by atoms with Gasteiger partial charge in [0, 0.05) is 23.7 Å². The van der Waals surface area contributed by atoms with Crippen LogP contribution in [0.2, 0.25) is 0 Å². The quantitative estimate of drug-likeness (QED) is 0.550. The first-order valence-corrected chi connectivity index (χ1v) is 5.97. The van der Waals surface area contributed by atoms with Crippen molar-refractivity contribution in [2.45, 2.75) is 31.8 Å². The summed E-state index contributed by atoms with van der Waals surface area (Å²) in [5.74, 6) is 0. The largest absolute Gasteiger partial charge is 0.394 e. The van der Waals surface area contributed by atoms with Crippen LogP contribution >= 0.6 is 0 Å². The molecule has 104 valence electrons. The highest BCUT2D eigenvalue weighted by molar-refractivity contribution is 5.55. The molecular formula is C12H16N2O5. The van der Waals surface area contributed by atoms with Crippen LogP contribution < -0.4 is 5.32 Å². The lowest BCUT2D eigenvalue weighted by Crippen LogP contribution is -2.25. The summed E-state index contributed by atoms with van der Waals surface area (Å²) in [7, 11) is 0. The van der Waals surface area contributed by atoms with Gasteiger partial charge in [-0.3, -0.25) is 10.1 Å². The molecule has 1 fully saturated rings. The third-order valence-electron chi connectivity index (χ3n) is 3.14. The summed E-state index contributed by atoms with van der Waals surface area (Å²) in [6, 6.07) is 4.79. The highest BCUT2D eigenvalue weighted by Crippen LogP contribution is 2.26. The number of hydrogen-bond donors (Lipinski definition) is 3. The fourth-order valence-corrected chi connectivity index (χ4v) is 2.07. The molecule has 0 aromatic heterocycles. The molecule has 1 heterocycles. The van der Waals surface area contributed by atoms with Crippen molar-refractivity contribution in [3.8, 4) is 0 Å². The zero-order chi connectivity index (χ0) is 14.0. The van der Waals surface area contributed by atoms with E-state index in [1.807, 2.05) is 0 Å². The molecule has 2 rings (SSSR count). The molecule has 0 spiro atoms. The van der Waals surface area contributed by atoms with E-state index in [9.17, 15) is 15.2 Å². The second-order valence-corrected chi connectivity index (χ2v) is 4.55. The first-order chi connectivity index (χ1) is 9.01. The third-order valence-corrected chi connectivity index (χ3v) is 3.14.